The molecular formula is C26H38N4O12. The van der Waals surface area contributed by atoms with Crippen molar-refractivity contribution in [2.75, 3.05) is 87.9 Å². The molecule has 1 aromatic carbocycles. The van der Waals surface area contributed by atoms with Gasteiger partial charge in [0.25, 0.3) is 5.69 Å². The van der Waals surface area contributed by atoms with Crippen molar-refractivity contribution in [1.82, 2.24) is 14.7 Å². The molecule has 0 aliphatic heterocycles. The molecule has 0 aliphatic carbocycles. The number of non-ortho nitro benzene ring substituents is 1. The first-order valence-corrected chi connectivity index (χ1v) is 12.7. The van der Waals surface area contributed by atoms with E-state index in [0.717, 1.165) is 0 Å². The van der Waals surface area contributed by atoms with Crippen LogP contribution in [0.25, 0.3) is 0 Å². The van der Waals surface area contributed by atoms with E-state index in [1.54, 1.807) is 4.90 Å². The van der Waals surface area contributed by atoms with E-state index in [1.165, 1.54) is 69.6 Å². The van der Waals surface area contributed by atoms with E-state index in [4.69, 9.17) is 14.2 Å². The molecule has 0 saturated carbocycles. The highest BCUT2D eigenvalue weighted by Gasteiger charge is 2.30. The van der Waals surface area contributed by atoms with Gasteiger partial charge in [-0.3, -0.25) is 48.8 Å². The van der Waals surface area contributed by atoms with E-state index in [0.29, 0.717) is 5.56 Å². The third kappa shape index (κ3) is 13.0. The highest BCUT2D eigenvalue weighted by atomic mass is 16.6. The molecule has 16 heteroatoms. The standard InChI is InChI=1S/C26H38N4O12/c1-38-22(31)15-27(10-11-28(16-23(32)39-2)17-24(33)40-3)12-13-29(18-25(34)41-4)21(26(35)42-5)14-19-6-8-20(9-7-19)30(36)37/h6-9,21H,10-18H2,1-5H3. The summed E-state index contributed by atoms with van der Waals surface area (Å²) in [6, 6.07) is 4.64. The van der Waals surface area contributed by atoms with Crippen LogP contribution in [0.5, 0.6) is 0 Å². The lowest BCUT2D eigenvalue weighted by molar-refractivity contribution is -0.384. The third-order valence-corrected chi connectivity index (χ3v) is 6.23. The highest BCUT2D eigenvalue weighted by molar-refractivity contribution is 5.78. The van der Waals surface area contributed by atoms with Gasteiger partial charge in [-0.05, 0) is 12.0 Å². The smallest absolute Gasteiger partial charge is 0.323 e. The Morgan fingerprint density at radius 3 is 1.55 bits per heavy atom. The number of nitro groups is 1. The lowest BCUT2D eigenvalue weighted by Crippen LogP contribution is -2.50. The van der Waals surface area contributed by atoms with Crippen LogP contribution >= 0.6 is 0 Å². The van der Waals surface area contributed by atoms with Crippen molar-refractivity contribution < 1.29 is 52.6 Å². The normalized spacial score (nSPS) is 11.6. The SMILES string of the molecule is COC(=O)CN(CCN(CC(=O)OC)CC(=O)OC)CCN(CC(=O)OC)C(Cc1ccc([N+](=O)[O-])cc1)C(=O)OC. The number of carbonyl (C=O) groups excluding carboxylic acids is 5. The second kappa shape index (κ2) is 19.1. The Labute approximate surface area is 243 Å². The van der Waals surface area contributed by atoms with Crippen LogP contribution < -0.4 is 0 Å². The van der Waals surface area contributed by atoms with Gasteiger partial charge in [0.2, 0.25) is 0 Å². The van der Waals surface area contributed by atoms with Gasteiger partial charge in [0.15, 0.2) is 0 Å². The van der Waals surface area contributed by atoms with Crippen molar-refractivity contribution in [1.29, 1.82) is 0 Å². The molecule has 0 fully saturated rings. The van der Waals surface area contributed by atoms with Crippen LogP contribution in [-0.2, 0) is 54.1 Å². The van der Waals surface area contributed by atoms with E-state index in [9.17, 15) is 34.1 Å². The Hall–Kier alpha value is -4.15. The van der Waals surface area contributed by atoms with Gasteiger partial charge in [-0.2, -0.15) is 0 Å². The summed E-state index contributed by atoms with van der Waals surface area (Å²) in [4.78, 5) is 76.1. The van der Waals surface area contributed by atoms with Crippen molar-refractivity contribution in [3.05, 3.63) is 39.9 Å². The number of nitro benzene ring substituents is 1. The number of esters is 5. The minimum atomic E-state index is -0.981. The number of rotatable bonds is 19. The second-order valence-corrected chi connectivity index (χ2v) is 8.93. The Morgan fingerprint density at radius 2 is 1.10 bits per heavy atom. The lowest BCUT2D eigenvalue weighted by Gasteiger charge is -2.32. The zero-order valence-corrected chi connectivity index (χ0v) is 24.4. The number of nitrogens with zero attached hydrogens (tertiary/aromatic N) is 4. The van der Waals surface area contributed by atoms with Crippen LogP contribution in [0.1, 0.15) is 5.56 Å². The second-order valence-electron chi connectivity index (χ2n) is 8.93. The summed E-state index contributed by atoms with van der Waals surface area (Å²) >= 11 is 0. The Balaban J connectivity index is 3.19. The largest absolute Gasteiger partial charge is 0.468 e. The predicted octanol–water partition coefficient (Wildman–Crippen LogP) is -0.723. The van der Waals surface area contributed by atoms with Crippen LogP contribution in [0.2, 0.25) is 0 Å². The van der Waals surface area contributed by atoms with Gasteiger partial charge in [-0.1, -0.05) is 12.1 Å². The maximum atomic E-state index is 12.8. The number of hydrogen-bond donors (Lipinski definition) is 0. The molecule has 1 aromatic rings. The average Bonchev–Trinajstić information content (AvgIpc) is 2.99. The number of methoxy groups -OCH3 is 5. The summed E-state index contributed by atoms with van der Waals surface area (Å²) in [5, 5.41) is 11.0. The zero-order chi connectivity index (χ0) is 31.7. The first kappa shape index (κ1) is 35.9. The molecule has 0 saturated heterocycles. The fourth-order valence-corrected chi connectivity index (χ4v) is 3.83. The first-order chi connectivity index (χ1) is 20.0. The van der Waals surface area contributed by atoms with Gasteiger partial charge in [0.1, 0.15) is 6.04 Å². The summed E-state index contributed by atoms with van der Waals surface area (Å²) in [7, 11) is 6.05. The molecule has 1 rings (SSSR count). The average molecular weight is 599 g/mol. The van der Waals surface area contributed by atoms with E-state index in [-0.39, 0.29) is 64.5 Å². The maximum Gasteiger partial charge on any atom is 0.323 e. The number of benzene rings is 1. The molecule has 42 heavy (non-hydrogen) atoms. The van der Waals surface area contributed by atoms with Crippen LogP contribution in [-0.4, -0.2) is 143 Å². The van der Waals surface area contributed by atoms with Gasteiger partial charge < -0.3 is 23.7 Å². The number of hydrogen-bond acceptors (Lipinski definition) is 15. The fraction of sp³-hybridized carbons (Fsp3) is 0.577. The Kier molecular flexibility index (Phi) is 16.3. The van der Waals surface area contributed by atoms with Crippen molar-refractivity contribution in [2.24, 2.45) is 0 Å². The molecule has 234 valence electrons. The van der Waals surface area contributed by atoms with E-state index in [1.807, 2.05) is 0 Å². The summed E-state index contributed by atoms with van der Waals surface area (Å²) in [5.41, 5.74) is 0.463. The minimum absolute atomic E-state index is 0.0602. The van der Waals surface area contributed by atoms with Gasteiger partial charge in [-0.15, -0.1) is 0 Å². The molecule has 0 radical (unpaired) electrons. The minimum Gasteiger partial charge on any atom is -0.468 e. The van der Waals surface area contributed by atoms with Crippen LogP contribution in [0, 0.1) is 10.1 Å². The summed E-state index contributed by atoms with van der Waals surface area (Å²) in [6.07, 6.45) is 0.0602. The Bertz CT molecular complexity index is 1050. The summed E-state index contributed by atoms with van der Waals surface area (Å²) < 4.78 is 24.0. The maximum absolute atomic E-state index is 12.8. The summed E-state index contributed by atoms with van der Waals surface area (Å²) in [5.74, 6) is -2.99. The fourth-order valence-electron chi connectivity index (χ4n) is 3.83. The molecule has 1 atom stereocenters. The van der Waals surface area contributed by atoms with E-state index < -0.39 is 40.8 Å². The third-order valence-electron chi connectivity index (χ3n) is 6.23. The van der Waals surface area contributed by atoms with Crippen molar-refractivity contribution in [3.63, 3.8) is 0 Å². The lowest BCUT2D eigenvalue weighted by atomic mass is 10.0. The molecular weight excluding hydrogens is 560 g/mol. The number of ether oxygens (including phenoxy) is 5. The van der Waals surface area contributed by atoms with Gasteiger partial charge >= 0.3 is 29.8 Å². The summed E-state index contributed by atoms with van der Waals surface area (Å²) in [6.45, 7) is -0.319. The van der Waals surface area contributed by atoms with Crippen molar-refractivity contribution in [3.8, 4) is 0 Å². The predicted molar refractivity (Wildman–Crippen MR) is 145 cm³/mol. The van der Waals surface area contributed by atoms with Gasteiger partial charge in [0.05, 0.1) is 66.7 Å². The molecule has 0 aromatic heterocycles. The van der Waals surface area contributed by atoms with Gasteiger partial charge in [-0.25, -0.2) is 0 Å². The number of carbonyl (C=O) groups is 5. The molecule has 0 N–H and O–H groups in total. The molecule has 0 bridgehead atoms. The molecule has 0 amide bonds. The quantitative estimate of drug-likeness (QED) is 0.0840. The zero-order valence-electron chi connectivity index (χ0n) is 24.4. The molecule has 0 spiro atoms. The monoisotopic (exact) mass is 598 g/mol. The molecule has 1 unspecified atom stereocenters. The first-order valence-electron chi connectivity index (χ1n) is 12.7. The Morgan fingerprint density at radius 1 is 0.667 bits per heavy atom. The molecule has 0 heterocycles. The van der Waals surface area contributed by atoms with Crippen LogP contribution in [0.15, 0.2) is 24.3 Å². The van der Waals surface area contributed by atoms with Crippen LogP contribution in [0.4, 0.5) is 5.69 Å². The van der Waals surface area contributed by atoms with E-state index in [2.05, 4.69) is 9.47 Å². The molecule has 16 nitrogen and oxygen atoms in total. The highest BCUT2D eigenvalue weighted by Crippen LogP contribution is 2.16. The van der Waals surface area contributed by atoms with Gasteiger partial charge in [0, 0.05) is 38.3 Å². The molecule has 0 aliphatic rings. The van der Waals surface area contributed by atoms with E-state index >= 15 is 0 Å². The topological polar surface area (TPSA) is 184 Å². The van der Waals surface area contributed by atoms with Crippen LogP contribution in [0.3, 0.4) is 0 Å². The van der Waals surface area contributed by atoms with Crippen molar-refractivity contribution >= 4 is 35.5 Å². The van der Waals surface area contributed by atoms with Crippen molar-refractivity contribution in [2.45, 2.75) is 12.5 Å².